The number of anilines is 1. The zero-order chi connectivity index (χ0) is 20.0. The average molecular weight is 405 g/mol. The molecule has 152 valence electrons. The van der Waals surface area contributed by atoms with Crippen LogP contribution in [0.1, 0.15) is 66.2 Å². The van der Waals surface area contributed by atoms with E-state index < -0.39 is 23.7 Å². The van der Waals surface area contributed by atoms with Gasteiger partial charge in [0.25, 0.3) is 5.91 Å². The molecular weight excluding hydrogens is 376 g/mol. The molecule has 3 aliphatic rings. The summed E-state index contributed by atoms with van der Waals surface area (Å²) in [6.07, 6.45) is 7.70. The van der Waals surface area contributed by atoms with Crippen LogP contribution in [-0.2, 0) is 22.4 Å². The molecule has 0 aromatic carbocycles. The number of thiophene rings is 1. The summed E-state index contributed by atoms with van der Waals surface area (Å²) in [5.41, 5.74) is 7.10. The van der Waals surface area contributed by atoms with E-state index in [-0.39, 0.29) is 17.7 Å². The van der Waals surface area contributed by atoms with Crippen molar-refractivity contribution in [1.29, 1.82) is 0 Å². The van der Waals surface area contributed by atoms with Crippen LogP contribution in [0.5, 0.6) is 0 Å². The molecule has 2 bridgehead atoms. The van der Waals surface area contributed by atoms with E-state index >= 15 is 0 Å². The van der Waals surface area contributed by atoms with Gasteiger partial charge in [0.1, 0.15) is 5.00 Å². The number of amides is 2. The summed E-state index contributed by atoms with van der Waals surface area (Å²) in [6.45, 7) is 2.18. The van der Waals surface area contributed by atoms with Crippen molar-refractivity contribution in [2.24, 2.45) is 35.3 Å². The first kappa shape index (κ1) is 19.4. The van der Waals surface area contributed by atoms with Crippen LogP contribution < -0.4 is 11.1 Å². The number of nitrogens with two attached hydrogens (primary N) is 1. The van der Waals surface area contributed by atoms with Gasteiger partial charge in [-0.2, -0.15) is 0 Å². The summed E-state index contributed by atoms with van der Waals surface area (Å²) in [5.74, 6) is -1.93. The Balaban J connectivity index is 1.59. The van der Waals surface area contributed by atoms with Gasteiger partial charge >= 0.3 is 5.97 Å². The number of nitrogens with one attached hydrogen (secondary N) is 1. The summed E-state index contributed by atoms with van der Waals surface area (Å²) < 4.78 is 0. The Morgan fingerprint density at radius 3 is 2.54 bits per heavy atom. The van der Waals surface area contributed by atoms with Gasteiger partial charge in [-0.15, -0.1) is 11.3 Å². The van der Waals surface area contributed by atoms with Gasteiger partial charge < -0.3 is 16.2 Å². The van der Waals surface area contributed by atoms with Crippen LogP contribution in [0, 0.1) is 29.6 Å². The maximum Gasteiger partial charge on any atom is 0.307 e. The highest BCUT2D eigenvalue weighted by Crippen LogP contribution is 2.53. The predicted molar refractivity (Wildman–Crippen MR) is 107 cm³/mol. The monoisotopic (exact) mass is 404 g/mol. The second kappa shape index (κ2) is 7.50. The Bertz CT molecular complexity index is 818. The first-order valence-corrected chi connectivity index (χ1v) is 11.2. The van der Waals surface area contributed by atoms with Crippen LogP contribution in [-0.4, -0.2) is 22.9 Å². The summed E-state index contributed by atoms with van der Waals surface area (Å²) in [7, 11) is 0. The lowest BCUT2D eigenvalue weighted by Crippen LogP contribution is -2.38. The smallest absolute Gasteiger partial charge is 0.307 e. The van der Waals surface area contributed by atoms with Crippen LogP contribution in [0.2, 0.25) is 0 Å². The molecule has 6 nitrogen and oxygen atoms in total. The third-order valence-electron chi connectivity index (χ3n) is 7.05. The van der Waals surface area contributed by atoms with Crippen LogP contribution in [0.3, 0.4) is 0 Å². The molecule has 3 aliphatic carbocycles. The topological polar surface area (TPSA) is 109 Å². The van der Waals surface area contributed by atoms with Crippen molar-refractivity contribution in [1.82, 2.24) is 0 Å². The highest BCUT2D eigenvalue weighted by Gasteiger charge is 2.54. The molecule has 0 spiro atoms. The number of rotatable bonds is 6. The Hall–Kier alpha value is -1.89. The molecule has 1 aromatic heterocycles. The van der Waals surface area contributed by atoms with Crippen molar-refractivity contribution < 1.29 is 19.5 Å². The molecular formula is C21H28N2O4S. The fourth-order valence-electron chi connectivity index (χ4n) is 5.88. The minimum Gasteiger partial charge on any atom is -0.481 e. The van der Waals surface area contributed by atoms with Gasteiger partial charge in [0.15, 0.2) is 0 Å². The van der Waals surface area contributed by atoms with Crippen LogP contribution >= 0.6 is 11.3 Å². The first-order valence-electron chi connectivity index (χ1n) is 10.4. The molecule has 4 rings (SSSR count). The molecule has 2 saturated carbocycles. The minimum absolute atomic E-state index is 0.0974. The van der Waals surface area contributed by atoms with Gasteiger partial charge in [0.05, 0.1) is 17.4 Å². The van der Waals surface area contributed by atoms with Gasteiger partial charge in [0.2, 0.25) is 5.91 Å². The van der Waals surface area contributed by atoms with Gasteiger partial charge in [-0.05, 0) is 61.8 Å². The molecule has 0 saturated heterocycles. The Kier molecular flexibility index (Phi) is 5.21. The minimum atomic E-state index is -0.879. The molecule has 5 atom stereocenters. The summed E-state index contributed by atoms with van der Waals surface area (Å²) in [6, 6.07) is 0. The predicted octanol–water partition coefficient (Wildman–Crippen LogP) is 3.44. The number of carboxylic acids is 1. The standard InChI is InChI=1S/C21H28N2O4S/c1-2-3-10-4-7-13-14(8-10)28-20(17(13)18(22)24)23-19(25)15-11-5-6-12(9-11)16(15)21(26)27/h10-12,15-16H,2-9H2,1H3,(H2,22,24)(H,23,25)(H,26,27)/t10-,11+,12+,15-,16-/m1/s1. The number of carboxylic acid groups (broad SMARTS) is 1. The maximum absolute atomic E-state index is 13.1. The van der Waals surface area contributed by atoms with E-state index in [0.717, 1.165) is 61.8 Å². The Morgan fingerprint density at radius 2 is 1.89 bits per heavy atom. The second-order valence-electron chi connectivity index (χ2n) is 8.68. The molecule has 1 aromatic rings. The van der Waals surface area contributed by atoms with Crippen LogP contribution in [0.15, 0.2) is 0 Å². The zero-order valence-corrected chi connectivity index (χ0v) is 17.0. The number of carbonyl (C=O) groups is 3. The van der Waals surface area contributed by atoms with Gasteiger partial charge in [-0.3, -0.25) is 14.4 Å². The first-order chi connectivity index (χ1) is 13.4. The molecule has 4 N–H and O–H groups in total. The lowest BCUT2D eigenvalue weighted by molar-refractivity contribution is -0.148. The van der Waals surface area contributed by atoms with Crippen molar-refractivity contribution in [3.05, 3.63) is 16.0 Å². The molecule has 2 fully saturated rings. The lowest BCUT2D eigenvalue weighted by Gasteiger charge is -2.26. The van der Waals surface area contributed by atoms with Crippen LogP contribution in [0.4, 0.5) is 5.00 Å². The fraction of sp³-hybridized carbons (Fsp3) is 0.667. The van der Waals surface area contributed by atoms with Crippen molar-refractivity contribution in [2.75, 3.05) is 5.32 Å². The number of primary amides is 1. The van der Waals surface area contributed by atoms with E-state index in [1.54, 1.807) is 0 Å². The third kappa shape index (κ3) is 3.23. The molecule has 0 radical (unpaired) electrons. The number of hydrogen-bond acceptors (Lipinski definition) is 4. The van der Waals surface area contributed by atoms with E-state index in [1.165, 1.54) is 11.3 Å². The van der Waals surface area contributed by atoms with Gasteiger partial charge in [0, 0.05) is 4.88 Å². The number of aliphatic carboxylic acids is 1. The largest absolute Gasteiger partial charge is 0.481 e. The van der Waals surface area contributed by atoms with E-state index in [4.69, 9.17) is 5.73 Å². The molecule has 2 amide bonds. The fourth-order valence-corrected chi connectivity index (χ4v) is 7.25. The van der Waals surface area contributed by atoms with Gasteiger partial charge in [-0.25, -0.2) is 0 Å². The Labute approximate surface area is 168 Å². The summed E-state index contributed by atoms with van der Waals surface area (Å²) >= 11 is 1.46. The maximum atomic E-state index is 13.1. The quantitative estimate of drug-likeness (QED) is 0.674. The SMILES string of the molecule is CCC[C@@H]1CCc2c(sc(NC(=O)[C@@H]3[C@H]4CC[C@@H](C4)[C@H]3C(=O)O)c2C(N)=O)C1. The van der Waals surface area contributed by atoms with Gasteiger partial charge in [-0.1, -0.05) is 19.8 Å². The highest BCUT2D eigenvalue weighted by molar-refractivity contribution is 7.17. The highest BCUT2D eigenvalue weighted by atomic mass is 32.1. The summed E-state index contributed by atoms with van der Waals surface area (Å²) in [5, 5.41) is 13.1. The number of hydrogen-bond donors (Lipinski definition) is 3. The van der Waals surface area contributed by atoms with Crippen molar-refractivity contribution in [2.45, 2.75) is 58.3 Å². The molecule has 7 heteroatoms. The van der Waals surface area contributed by atoms with Crippen molar-refractivity contribution in [3.63, 3.8) is 0 Å². The van der Waals surface area contributed by atoms with E-state index in [1.807, 2.05) is 0 Å². The van der Waals surface area contributed by atoms with Crippen molar-refractivity contribution >= 4 is 34.1 Å². The van der Waals surface area contributed by atoms with E-state index in [9.17, 15) is 19.5 Å². The summed E-state index contributed by atoms with van der Waals surface area (Å²) in [4.78, 5) is 38.1. The molecule has 0 unspecified atom stereocenters. The number of carbonyl (C=O) groups excluding carboxylic acids is 2. The normalized spacial score (nSPS) is 30.8. The third-order valence-corrected chi connectivity index (χ3v) is 8.22. The van der Waals surface area contributed by atoms with E-state index in [2.05, 4.69) is 12.2 Å². The molecule has 0 aliphatic heterocycles. The number of fused-ring (bicyclic) bond motifs is 3. The molecule has 28 heavy (non-hydrogen) atoms. The molecule has 1 heterocycles. The van der Waals surface area contributed by atoms with Crippen LogP contribution in [0.25, 0.3) is 0 Å². The second-order valence-corrected chi connectivity index (χ2v) is 9.79. The van der Waals surface area contributed by atoms with E-state index in [0.29, 0.717) is 16.5 Å². The zero-order valence-electron chi connectivity index (χ0n) is 16.2. The Morgan fingerprint density at radius 1 is 1.18 bits per heavy atom. The lowest BCUT2D eigenvalue weighted by atomic mass is 9.78. The van der Waals surface area contributed by atoms with Crippen molar-refractivity contribution in [3.8, 4) is 0 Å². The average Bonchev–Trinajstić information content (AvgIpc) is 3.33.